The highest BCUT2D eigenvalue weighted by Gasteiger charge is 2.26. The molecule has 4 N–H and O–H groups in total. The van der Waals surface area contributed by atoms with Gasteiger partial charge in [0.1, 0.15) is 0 Å². The molecule has 2 atom stereocenters. The molecule has 1 saturated carbocycles. The van der Waals surface area contributed by atoms with Crippen molar-refractivity contribution in [2.45, 2.75) is 45.4 Å². The summed E-state index contributed by atoms with van der Waals surface area (Å²) in [5.74, 6) is 0.658. The highest BCUT2D eigenvalue weighted by Crippen LogP contribution is 2.28. The lowest BCUT2D eigenvalue weighted by Crippen LogP contribution is -2.37. The second-order valence-electron chi connectivity index (χ2n) is 5.36. The van der Waals surface area contributed by atoms with Crippen molar-refractivity contribution in [1.29, 1.82) is 0 Å². The number of nitrogens with two attached hydrogens (primary N) is 1. The van der Waals surface area contributed by atoms with E-state index in [0.29, 0.717) is 32.0 Å². The molecular weight excluding hydrogens is 242 g/mol. The Hall–Kier alpha value is -1.10. The van der Waals surface area contributed by atoms with Gasteiger partial charge in [-0.1, -0.05) is 13.3 Å². The smallest absolute Gasteiger partial charge is 0.223 e. The second kappa shape index (κ2) is 8.91. The molecule has 0 radical (unpaired) electrons. The highest BCUT2D eigenvalue weighted by atomic mass is 16.2. The molecule has 0 bridgehead atoms. The van der Waals surface area contributed by atoms with Gasteiger partial charge in [0.05, 0.1) is 0 Å². The van der Waals surface area contributed by atoms with Crippen LogP contribution in [0.4, 0.5) is 0 Å². The number of rotatable bonds is 7. The molecule has 5 heteroatoms. The quantitative estimate of drug-likeness (QED) is 0.638. The molecule has 0 aromatic heterocycles. The van der Waals surface area contributed by atoms with Crippen LogP contribution in [0.3, 0.4) is 0 Å². The second-order valence-corrected chi connectivity index (χ2v) is 5.36. The maximum atomic E-state index is 12.0. The third-order valence-corrected chi connectivity index (χ3v) is 3.71. The Kier molecular flexibility index (Phi) is 7.48. The van der Waals surface area contributed by atoms with Gasteiger partial charge in [-0.3, -0.25) is 9.59 Å². The van der Waals surface area contributed by atoms with Crippen molar-refractivity contribution in [3.8, 4) is 0 Å². The summed E-state index contributed by atoms with van der Waals surface area (Å²) in [4.78, 5) is 23.4. The molecule has 1 rings (SSSR count). The van der Waals surface area contributed by atoms with Crippen LogP contribution in [0.2, 0.25) is 0 Å². The molecule has 110 valence electrons. The van der Waals surface area contributed by atoms with Crippen LogP contribution in [0.25, 0.3) is 0 Å². The molecule has 1 aliphatic carbocycles. The maximum Gasteiger partial charge on any atom is 0.223 e. The molecule has 0 aromatic rings. The molecule has 0 saturated heterocycles. The Bertz CT molecular complexity index is 294. The van der Waals surface area contributed by atoms with E-state index in [9.17, 15) is 9.59 Å². The standard InChI is InChI=1S/C14H27N3O2/c1-2-7-16-13(18)6-8-17-14(19)12-5-3-4-11(9-12)10-15/h11-12H,2-10,15H2,1H3,(H,16,18)(H,17,19). The van der Waals surface area contributed by atoms with Crippen molar-refractivity contribution in [2.24, 2.45) is 17.6 Å². The predicted molar refractivity (Wildman–Crippen MR) is 75.4 cm³/mol. The Balaban J connectivity index is 2.18. The van der Waals surface area contributed by atoms with Crippen molar-refractivity contribution in [3.05, 3.63) is 0 Å². The topological polar surface area (TPSA) is 84.2 Å². The number of nitrogens with one attached hydrogen (secondary N) is 2. The summed E-state index contributed by atoms with van der Waals surface area (Å²) in [6.45, 7) is 3.81. The number of carbonyl (C=O) groups is 2. The van der Waals surface area contributed by atoms with E-state index < -0.39 is 0 Å². The van der Waals surface area contributed by atoms with Crippen LogP contribution in [0, 0.1) is 11.8 Å². The highest BCUT2D eigenvalue weighted by molar-refractivity contribution is 5.80. The van der Waals surface area contributed by atoms with Gasteiger partial charge in [-0.05, 0) is 38.1 Å². The van der Waals surface area contributed by atoms with Gasteiger partial charge < -0.3 is 16.4 Å². The molecular formula is C14H27N3O2. The Labute approximate surface area is 115 Å². The van der Waals surface area contributed by atoms with E-state index in [4.69, 9.17) is 5.73 Å². The van der Waals surface area contributed by atoms with Gasteiger partial charge in [0.2, 0.25) is 11.8 Å². The largest absolute Gasteiger partial charge is 0.356 e. The van der Waals surface area contributed by atoms with E-state index in [2.05, 4.69) is 10.6 Å². The Morgan fingerprint density at radius 2 is 2.00 bits per heavy atom. The van der Waals surface area contributed by atoms with Gasteiger partial charge >= 0.3 is 0 Å². The van der Waals surface area contributed by atoms with Crippen molar-refractivity contribution in [3.63, 3.8) is 0 Å². The van der Waals surface area contributed by atoms with E-state index in [0.717, 1.165) is 32.1 Å². The first-order valence-corrected chi connectivity index (χ1v) is 7.41. The third kappa shape index (κ3) is 6.05. The van der Waals surface area contributed by atoms with Crippen LogP contribution < -0.4 is 16.4 Å². The van der Waals surface area contributed by atoms with E-state index in [1.54, 1.807) is 0 Å². The lowest BCUT2D eigenvalue weighted by Gasteiger charge is -2.27. The van der Waals surface area contributed by atoms with Crippen molar-refractivity contribution in [2.75, 3.05) is 19.6 Å². The lowest BCUT2D eigenvalue weighted by atomic mass is 9.81. The van der Waals surface area contributed by atoms with Gasteiger partial charge in [-0.2, -0.15) is 0 Å². The SMILES string of the molecule is CCCNC(=O)CCNC(=O)C1CCCC(CN)C1. The maximum absolute atomic E-state index is 12.0. The molecule has 0 spiro atoms. The average molecular weight is 269 g/mol. The normalized spacial score (nSPS) is 22.8. The van der Waals surface area contributed by atoms with Gasteiger partial charge in [0, 0.05) is 25.4 Å². The Morgan fingerprint density at radius 3 is 2.68 bits per heavy atom. The summed E-state index contributed by atoms with van der Waals surface area (Å²) in [5.41, 5.74) is 5.67. The van der Waals surface area contributed by atoms with E-state index >= 15 is 0 Å². The molecule has 2 unspecified atom stereocenters. The van der Waals surface area contributed by atoms with Crippen LogP contribution in [0.1, 0.15) is 45.4 Å². The van der Waals surface area contributed by atoms with Crippen molar-refractivity contribution >= 4 is 11.8 Å². The van der Waals surface area contributed by atoms with E-state index in [-0.39, 0.29) is 17.7 Å². The van der Waals surface area contributed by atoms with Gasteiger partial charge in [-0.25, -0.2) is 0 Å². The minimum absolute atomic E-state index is 0.00521. The van der Waals surface area contributed by atoms with E-state index in [1.165, 1.54) is 0 Å². The summed E-state index contributed by atoms with van der Waals surface area (Å²) in [7, 11) is 0. The zero-order valence-electron chi connectivity index (χ0n) is 11.9. The monoisotopic (exact) mass is 269 g/mol. The summed E-state index contributed by atoms with van der Waals surface area (Å²) in [6.07, 6.45) is 5.35. The first-order chi connectivity index (χ1) is 9.17. The van der Waals surface area contributed by atoms with Crippen LogP contribution in [0.15, 0.2) is 0 Å². The molecule has 1 aliphatic rings. The molecule has 5 nitrogen and oxygen atoms in total. The molecule has 19 heavy (non-hydrogen) atoms. The predicted octanol–water partition coefficient (Wildman–Crippen LogP) is 0.784. The summed E-state index contributed by atoms with van der Waals surface area (Å²) in [5, 5.41) is 5.66. The minimum Gasteiger partial charge on any atom is -0.356 e. The molecule has 1 fully saturated rings. The van der Waals surface area contributed by atoms with Crippen LogP contribution in [0.5, 0.6) is 0 Å². The minimum atomic E-state index is 0.00521. The zero-order chi connectivity index (χ0) is 14.1. The molecule has 2 amide bonds. The van der Waals surface area contributed by atoms with Crippen molar-refractivity contribution < 1.29 is 9.59 Å². The average Bonchev–Trinajstić information content (AvgIpc) is 2.45. The number of carbonyl (C=O) groups excluding carboxylic acids is 2. The first-order valence-electron chi connectivity index (χ1n) is 7.41. The van der Waals surface area contributed by atoms with E-state index in [1.807, 2.05) is 6.92 Å². The fourth-order valence-corrected chi connectivity index (χ4v) is 2.54. The fraction of sp³-hybridized carbons (Fsp3) is 0.857. The summed E-state index contributed by atoms with van der Waals surface area (Å²) >= 11 is 0. The van der Waals surface area contributed by atoms with Crippen molar-refractivity contribution in [1.82, 2.24) is 10.6 Å². The summed E-state index contributed by atoms with van der Waals surface area (Å²) < 4.78 is 0. The van der Waals surface area contributed by atoms with Crippen LogP contribution >= 0.6 is 0 Å². The zero-order valence-corrected chi connectivity index (χ0v) is 11.9. The molecule has 0 heterocycles. The number of hydrogen-bond acceptors (Lipinski definition) is 3. The van der Waals surface area contributed by atoms with Crippen LogP contribution in [-0.2, 0) is 9.59 Å². The Morgan fingerprint density at radius 1 is 1.21 bits per heavy atom. The fourth-order valence-electron chi connectivity index (χ4n) is 2.54. The van der Waals surface area contributed by atoms with Gasteiger partial charge in [-0.15, -0.1) is 0 Å². The van der Waals surface area contributed by atoms with Gasteiger partial charge in [0.15, 0.2) is 0 Å². The number of amides is 2. The molecule has 0 aromatic carbocycles. The van der Waals surface area contributed by atoms with Crippen LogP contribution in [-0.4, -0.2) is 31.4 Å². The first kappa shape index (κ1) is 16.0. The van der Waals surface area contributed by atoms with Gasteiger partial charge in [0.25, 0.3) is 0 Å². The molecule has 0 aliphatic heterocycles. The number of hydrogen-bond donors (Lipinski definition) is 3. The summed E-state index contributed by atoms with van der Waals surface area (Å²) in [6, 6.07) is 0. The lowest BCUT2D eigenvalue weighted by molar-refractivity contribution is -0.126. The third-order valence-electron chi connectivity index (χ3n) is 3.71.